The highest BCUT2D eigenvalue weighted by Crippen LogP contribution is 2.38. The summed E-state index contributed by atoms with van der Waals surface area (Å²) in [4.78, 5) is 28.4. The van der Waals surface area contributed by atoms with Crippen LogP contribution in [0.4, 0.5) is 11.4 Å². The number of nitrogens with zero attached hydrogens (tertiary/aromatic N) is 3. The molecule has 2 aliphatic rings. The predicted molar refractivity (Wildman–Crippen MR) is 117 cm³/mol. The number of piperazine rings is 1. The molecule has 7 nitrogen and oxygen atoms in total. The molecule has 2 heterocycles. The van der Waals surface area contributed by atoms with Crippen LogP contribution in [0.2, 0.25) is 5.02 Å². The van der Waals surface area contributed by atoms with E-state index in [9.17, 15) is 14.9 Å². The molecule has 0 saturated carbocycles. The summed E-state index contributed by atoms with van der Waals surface area (Å²) in [6.07, 6.45) is 0.513. The molecule has 1 fully saturated rings. The smallest absolute Gasteiger partial charge is 0.269 e. The van der Waals surface area contributed by atoms with E-state index in [0.717, 1.165) is 42.5 Å². The van der Waals surface area contributed by atoms with Gasteiger partial charge in [0.2, 0.25) is 5.91 Å². The average Bonchev–Trinajstić information content (AvgIpc) is 2.74. The minimum atomic E-state index is -0.377. The Morgan fingerprint density at radius 2 is 2.00 bits per heavy atom. The molecule has 30 heavy (non-hydrogen) atoms. The number of amides is 1. The molecule has 0 aromatic heterocycles. The highest BCUT2D eigenvalue weighted by Gasteiger charge is 2.41. The number of carbonyl (C=O) groups is 1. The molecule has 8 heteroatoms. The summed E-state index contributed by atoms with van der Waals surface area (Å²) >= 11 is 6.00. The van der Waals surface area contributed by atoms with Crippen LogP contribution < -0.4 is 10.2 Å². The summed E-state index contributed by atoms with van der Waals surface area (Å²) in [7, 11) is 0. The number of rotatable bonds is 5. The quantitative estimate of drug-likeness (QED) is 0.584. The lowest BCUT2D eigenvalue weighted by atomic mass is 9.83. The third-order valence-electron chi connectivity index (χ3n) is 6.00. The molecule has 2 aromatic carbocycles. The van der Waals surface area contributed by atoms with Gasteiger partial charge >= 0.3 is 0 Å². The molecule has 158 valence electrons. The van der Waals surface area contributed by atoms with Gasteiger partial charge in [-0.3, -0.25) is 19.8 Å². The summed E-state index contributed by atoms with van der Waals surface area (Å²) < 4.78 is 0. The fraction of sp³-hybridized carbons (Fsp3) is 0.409. The Hall–Kier alpha value is -2.64. The summed E-state index contributed by atoms with van der Waals surface area (Å²) in [5.74, 6) is -0.231. The minimum absolute atomic E-state index is 0.0120. The van der Waals surface area contributed by atoms with Gasteiger partial charge in [0.1, 0.15) is 0 Å². The lowest BCUT2D eigenvalue weighted by Gasteiger charge is -2.49. The average molecular weight is 429 g/mol. The number of benzene rings is 2. The predicted octanol–water partition coefficient (Wildman–Crippen LogP) is 3.25. The largest absolute Gasteiger partial charge is 0.365 e. The van der Waals surface area contributed by atoms with Gasteiger partial charge in [-0.1, -0.05) is 23.7 Å². The normalized spacial score (nSPS) is 20.9. The molecule has 2 aliphatic heterocycles. The van der Waals surface area contributed by atoms with Crippen LogP contribution in [0.25, 0.3) is 0 Å². The Morgan fingerprint density at radius 1 is 1.23 bits per heavy atom. The first kappa shape index (κ1) is 20.6. The Bertz CT molecular complexity index is 950. The van der Waals surface area contributed by atoms with E-state index in [1.54, 1.807) is 12.1 Å². The van der Waals surface area contributed by atoms with Crippen molar-refractivity contribution in [3.63, 3.8) is 0 Å². The minimum Gasteiger partial charge on any atom is -0.365 e. The number of nitro groups is 1. The maximum atomic E-state index is 12.9. The molecule has 0 spiro atoms. The molecule has 1 amide bonds. The van der Waals surface area contributed by atoms with Crippen molar-refractivity contribution in [2.24, 2.45) is 5.92 Å². The third kappa shape index (κ3) is 4.13. The van der Waals surface area contributed by atoms with Gasteiger partial charge in [-0.2, -0.15) is 0 Å². The highest BCUT2D eigenvalue weighted by molar-refractivity contribution is 6.30. The molecule has 4 rings (SSSR count). The fourth-order valence-electron chi connectivity index (χ4n) is 4.58. The van der Waals surface area contributed by atoms with Crippen molar-refractivity contribution in [3.8, 4) is 0 Å². The van der Waals surface area contributed by atoms with Crippen LogP contribution >= 0.6 is 11.6 Å². The number of carbonyl (C=O) groups excluding carboxylic acids is 1. The van der Waals surface area contributed by atoms with E-state index in [1.165, 1.54) is 5.56 Å². The highest BCUT2D eigenvalue weighted by atomic mass is 35.5. The maximum Gasteiger partial charge on any atom is 0.269 e. The van der Waals surface area contributed by atoms with Gasteiger partial charge in [0.25, 0.3) is 5.69 Å². The van der Waals surface area contributed by atoms with Gasteiger partial charge in [0.15, 0.2) is 0 Å². The van der Waals surface area contributed by atoms with E-state index >= 15 is 0 Å². The van der Waals surface area contributed by atoms with Crippen molar-refractivity contribution < 1.29 is 9.72 Å². The molecular weight excluding hydrogens is 404 g/mol. The second-order valence-electron chi connectivity index (χ2n) is 7.90. The first-order valence-corrected chi connectivity index (χ1v) is 10.6. The van der Waals surface area contributed by atoms with Gasteiger partial charge in [-0.05, 0) is 42.7 Å². The van der Waals surface area contributed by atoms with Crippen molar-refractivity contribution in [2.45, 2.75) is 25.9 Å². The van der Waals surface area contributed by atoms with E-state index < -0.39 is 0 Å². The van der Waals surface area contributed by atoms with Crippen LogP contribution in [-0.4, -0.2) is 48.0 Å². The van der Waals surface area contributed by atoms with Gasteiger partial charge in [-0.15, -0.1) is 0 Å². The fourth-order valence-corrected chi connectivity index (χ4v) is 4.71. The van der Waals surface area contributed by atoms with Crippen LogP contribution in [0.3, 0.4) is 0 Å². The zero-order valence-corrected chi connectivity index (χ0v) is 17.6. The number of nitrogens with one attached hydrogen (secondary N) is 1. The molecule has 1 N–H and O–H groups in total. The summed E-state index contributed by atoms with van der Waals surface area (Å²) in [6, 6.07) is 12.9. The van der Waals surface area contributed by atoms with Crippen LogP contribution in [0, 0.1) is 16.0 Å². The van der Waals surface area contributed by atoms with Crippen LogP contribution in [0.15, 0.2) is 42.5 Å². The van der Waals surface area contributed by atoms with Gasteiger partial charge in [0.05, 0.1) is 16.9 Å². The van der Waals surface area contributed by atoms with E-state index in [4.69, 9.17) is 11.6 Å². The van der Waals surface area contributed by atoms with Gasteiger partial charge < -0.3 is 10.2 Å². The molecule has 2 atom stereocenters. The molecule has 0 unspecified atom stereocenters. The van der Waals surface area contributed by atoms with Crippen molar-refractivity contribution in [1.82, 2.24) is 10.2 Å². The van der Waals surface area contributed by atoms with Gasteiger partial charge in [-0.25, -0.2) is 0 Å². The molecule has 0 bridgehead atoms. The van der Waals surface area contributed by atoms with E-state index in [-0.39, 0.29) is 28.5 Å². The molecule has 0 aliphatic carbocycles. The van der Waals surface area contributed by atoms with Crippen molar-refractivity contribution >= 4 is 28.9 Å². The zero-order chi connectivity index (χ0) is 21.3. The SMILES string of the molecule is CCNC(=O)[C@H]1Cc2cc([N+](=O)[O-])ccc2N2CCN(Cc3ccc(Cl)cc3)C[C@H]12. The van der Waals surface area contributed by atoms with Crippen molar-refractivity contribution in [1.29, 1.82) is 0 Å². The maximum absolute atomic E-state index is 12.9. The van der Waals surface area contributed by atoms with Crippen LogP contribution in [0.5, 0.6) is 0 Å². The topological polar surface area (TPSA) is 78.7 Å². The summed E-state index contributed by atoms with van der Waals surface area (Å²) in [5, 5.41) is 14.9. The lowest BCUT2D eigenvalue weighted by molar-refractivity contribution is -0.384. The van der Waals surface area contributed by atoms with Crippen LogP contribution in [0.1, 0.15) is 18.1 Å². The second-order valence-corrected chi connectivity index (χ2v) is 8.33. The summed E-state index contributed by atoms with van der Waals surface area (Å²) in [6.45, 7) is 5.68. The number of halogens is 1. The number of hydrogen-bond acceptors (Lipinski definition) is 5. The second kappa shape index (κ2) is 8.62. The Kier molecular flexibility index (Phi) is 5.92. The van der Waals surface area contributed by atoms with E-state index in [2.05, 4.69) is 15.1 Å². The molecule has 0 radical (unpaired) electrons. The van der Waals surface area contributed by atoms with Crippen molar-refractivity contribution in [2.75, 3.05) is 31.1 Å². The van der Waals surface area contributed by atoms with Gasteiger partial charge in [0, 0.05) is 55.6 Å². The van der Waals surface area contributed by atoms with Crippen molar-refractivity contribution in [3.05, 3.63) is 68.7 Å². The monoisotopic (exact) mass is 428 g/mol. The number of fused-ring (bicyclic) bond motifs is 3. The number of nitro benzene ring substituents is 1. The Balaban J connectivity index is 1.60. The Labute approximate surface area is 180 Å². The van der Waals surface area contributed by atoms with Crippen LogP contribution in [-0.2, 0) is 17.8 Å². The molecular formula is C22H25ClN4O3. The Morgan fingerprint density at radius 3 is 2.70 bits per heavy atom. The van der Waals surface area contributed by atoms with E-state index in [1.807, 2.05) is 37.3 Å². The lowest BCUT2D eigenvalue weighted by Crippen LogP contribution is -2.60. The van der Waals surface area contributed by atoms with E-state index in [0.29, 0.717) is 13.0 Å². The standard InChI is InChI=1S/C22H25ClN4O3/c1-2-24-22(28)19-12-16-11-18(27(29)30)7-8-20(16)26-10-9-25(14-21(19)26)13-15-3-5-17(23)6-4-15/h3-8,11,19,21H,2,9-10,12-14H2,1H3,(H,24,28)/t19-,21+/m0/s1. The molecule has 1 saturated heterocycles. The third-order valence-corrected chi connectivity index (χ3v) is 6.25. The first-order valence-electron chi connectivity index (χ1n) is 10.2. The number of non-ortho nitro benzene ring substituents is 1. The number of hydrogen-bond donors (Lipinski definition) is 1. The number of anilines is 1. The summed E-state index contributed by atoms with van der Waals surface area (Å²) in [5.41, 5.74) is 3.15. The molecule has 2 aromatic rings. The first-order chi connectivity index (χ1) is 14.5. The zero-order valence-electron chi connectivity index (χ0n) is 16.9.